The van der Waals surface area contributed by atoms with Crippen molar-refractivity contribution in [3.8, 4) is 11.1 Å². The van der Waals surface area contributed by atoms with Gasteiger partial charge in [0.25, 0.3) is 0 Å². The molecule has 0 saturated heterocycles. The van der Waals surface area contributed by atoms with E-state index >= 15 is 0 Å². The average molecular weight is 427 g/mol. The van der Waals surface area contributed by atoms with Crippen LogP contribution in [0.15, 0.2) is 54.6 Å². The molecular formula is C24H38N6O. The number of benzene rings is 2. The number of nitrogens with two attached hydrogens (primary N) is 1. The molecule has 0 bridgehead atoms. The summed E-state index contributed by atoms with van der Waals surface area (Å²) in [4.78, 5) is 12.1. The van der Waals surface area contributed by atoms with Crippen molar-refractivity contribution in [2.24, 2.45) is 5.73 Å². The first-order valence-corrected chi connectivity index (χ1v) is 11.2. The van der Waals surface area contributed by atoms with Crippen molar-refractivity contribution in [3.63, 3.8) is 0 Å². The van der Waals surface area contributed by atoms with Crippen molar-refractivity contribution in [1.29, 1.82) is 0 Å². The highest BCUT2D eigenvalue weighted by atomic mass is 16.1. The van der Waals surface area contributed by atoms with Gasteiger partial charge < -0.3 is 32.3 Å². The highest BCUT2D eigenvalue weighted by Gasteiger charge is 2.03. The van der Waals surface area contributed by atoms with Gasteiger partial charge in [-0.15, -0.1) is 0 Å². The molecule has 7 heteroatoms. The molecule has 31 heavy (non-hydrogen) atoms. The van der Waals surface area contributed by atoms with Crippen LogP contribution in [0.5, 0.6) is 0 Å². The molecule has 0 atom stereocenters. The summed E-state index contributed by atoms with van der Waals surface area (Å²) in [6.45, 7) is 8.55. The van der Waals surface area contributed by atoms with Gasteiger partial charge in [-0.1, -0.05) is 54.6 Å². The normalized spacial score (nSPS) is 10.9. The van der Waals surface area contributed by atoms with E-state index in [1.165, 1.54) is 5.56 Å². The van der Waals surface area contributed by atoms with E-state index in [9.17, 15) is 4.79 Å². The van der Waals surface area contributed by atoms with Crippen LogP contribution in [0.4, 0.5) is 0 Å². The molecule has 0 unspecified atom stereocenters. The topological polar surface area (TPSA) is 103 Å². The molecule has 0 aliphatic heterocycles. The molecule has 0 aliphatic carbocycles. The van der Waals surface area contributed by atoms with E-state index in [1.807, 2.05) is 30.3 Å². The van der Waals surface area contributed by atoms with Gasteiger partial charge in [-0.2, -0.15) is 0 Å². The Morgan fingerprint density at radius 3 is 1.65 bits per heavy atom. The lowest BCUT2D eigenvalue weighted by Gasteiger charge is -2.09. The first-order valence-electron chi connectivity index (χ1n) is 11.2. The highest BCUT2D eigenvalue weighted by molar-refractivity contribution is 5.78. The van der Waals surface area contributed by atoms with Crippen LogP contribution in [-0.2, 0) is 11.2 Å². The maximum atomic E-state index is 12.1. The Balaban J connectivity index is 1.43. The minimum Gasteiger partial charge on any atom is -0.355 e. The minimum atomic E-state index is 0.0550. The number of hydrogen-bond acceptors (Lipinski definition) is 6. The van der Waals surface area contributed by atoms with E-state index in [0.717, 1.165) is 63.5 Å². The third kappa shape index (κ3) is 11.6. The fourth-order valence-corrected chi connectivity index (χ4v) is 3.12. The third-order valence-electron chi connectivity index (χ3n) is 4.81. The molecule has 0 saturated carbocycles. The van der Waals surface area contributed by atoms with Gasteiger partial charge in [0, 0.05) is 65.4 Å². The SMILES string of the molecule is NCCNCCNCCNCCNCCNC(=O)Cc1ccc(-c2ccccc2)cc1. The second-order valence-corrected chi connectivity index (χ2v) is 7.38. The second kappa shape index (κ2) is 16.4. The fraction of sp³-hybridized carbons (Fsp3) is 0.458. The molecule has 0 spiro atoms. The largest absolute Gasteiger partial charge is 0.355 e. The van der Waals surface area contributed by atoms with Crippen molar-refractivity contribution in [2.75, 3.05) is 65.4 Å². The minimum absolute atomic E-state index is 0.0550. The van der Waals surface area contributed by atoms with E-state index in [0.29, 0.717) is 19.5 Å². The first-order chi connectivity index (χ1) is 15.3. The first kappa shape index (κ1) is 25.0. The number of hydrogen-bond donors (Lipinski definition) is 6. The predicted molar refractivity (Wildman–Crippen MR) is 129 cm³/mol. The molecule has 0 aliphatic rings. The van der Waals surface area contributed by atoms with Crippen LogP contribution >= 0.6 is 0 Å². The molecule has 0 aromatic heterocycles. The quantitative estimate of drug-likeness (QED) is 0.204. The van der Waals surface area contributed by atoms with Gasteiger partial charge in [0.05, 0.1) is 6.42 Å². The number of amides is 1. The molecule has 2 rings (SSSR count). The Morgan fingerprint density at radius 1 is 0.613 bits per heavy atom. The zero-order valence-electron chi connectivity index (χ0n) is 18.5. The number of rotatable bonds is 17. The highest BCUT2D eigenvalue weighted by Crippen LogP contribution is 2.19. The summed E-state index contributed by atoms with van der Waals surface area (Å²) in [5.74, 6) is 0.0550. The van der Waals surface area contributed by atoms with E-state index in [-0.39, 0.29) is 5.91 Å². The molecule has 0 radical (unpaired) electrons. The van der Waals surface area contributed by atoms with Crippen molar-refractivity contribution in [2.45, 2.75) is 6.42 Å². The summed E-state index contributed by atoms with van der Waals surface area (Å²) in [7, 11) is 0. The van der Waals surface area contributed by atoms with Crippen LogP contribution in [0.3, 0.4) is 0 Å². The van der Waals surface area contributed by atoms with Crippen LogP contribution < -0.4 is 32.3 Å². The predicted octanol–water partition coefficient (Wildman–Crippen LogP) is 0.329. The lowest BCUT2D eigenvalue weighted by molar-refractivity contribution is -0.120. The molecule has 170 valence electrons. The fourth-order valence-electron chi connectivity index (χ4n) is 3.12. The summed E-state index contributed by atoms with van der Waals surface area (Å²) < 4.78 is 0. The summed E-state index contributed by atoms with van der Waals surface area (Å²) in [5.41, 5.74) is 8.79. The Hall–Kier alpha value is -2.29. The van der Waals surface area contributed by atoms with E-state index in [1.54, 1.807) is 0 Å². The van der Waals surface area contributed by atoms with Crippen molar-refractivity contribution in [3.05, 3.63) is 60.2 Å². The van der Waals surface area contributed by atoms with Crippen molar-refractivity contribution in [1.82, 2.24) is 26.6 Å². The standard InChI is InChI=1S/C24H38N6O/c25-10-11-26-12-13-27-14-15-28-16-17-29-18-19-30-24(31)20-21-6-8-23(9-7-21)22-4-2-1-3-5-22/h1-9,26-29H,10-20,25H2,(H,30,31). The molecule has 0 heterocycles. The van der Waals surface area contributed by atoms with Gasteiger partial charge in [0.1, 0.15) is 0 Å². The summed E-state index contributed by atoms with van der Waals surface area (Å²) in [5, 5.41) is 16.3. The van der Waals surface area contributed by atoms with Gasteiger partial charge in [-0.3, -0.25) is 4.79 Å². The summed E-state index contributed by atoms with van der Waals surface area (Å²) >= 11 is 0. The Kier molecular flexibility index (Phi) is 13.2. The van der Waals surface area contributed by atoms with Crippen molar-refractivity contribution < 1.29 is 4.79 Å². The monoisotopic (exact) mass is 426 g/mol. The molecule has 7 N–H and O–H groups in total. The lowest BCUT2D eigenvalue weighted by Crippen LogP contribution is -2.37. The zero-order valence-corrected chi connectivity index (χ0v) is 18.5. The Bertz CT molecular complexity index is 708. The number of carbonyl (C=O) groups is 1. The number of nitrogens with one attached hydrogen (secondary N) is 5. The van der Waals surface area contributed by atoms with Crippen LogP contribution in [0, 0.1) is 0 Å². The average Bonchev–Trinajstić information content (AvgIpc) is 2.80. The van der Waals surface area contributed by atoms with Gasteiger partial charge >= 0.3 is 0 Å². The lowest BCUT2D eigenvalue weighted by atomic mass is 10.0. The maximum Gasteiger partial charge on any atom is 0.224 e. The van der Waals surface area contributed by atoms with Gasteiger partial charge in [0.2, 0.25) is 5.91 Å². The Labute approximate surface area is 186 Å². The summed E-state index contributed by atoms with van der Waals surface area (Å²) in [6, 6.07) is 18.4. The van der Waals surface area contributed by atoms with Gasteiger partial charge in [-0.25, -0.2) is 0 Å². The molecule has 7 nitrogen and oxygen atoms in total. The van der Waals surface area contributed by atoms with Crippen LogP contribution in [0.2, 0.25) is 0 Å². The zero-order chi connectivity index (χ0) is 22.0. The maximum absolute atomic E-state index is 12.1. The van der Waals surface area contributed by atoms with Crippen molar-refractivity contribution >= 4 is 5.91 Å². The molecule has 1 amide bonds. The molecule has 0 fully saturated rings. The van der Waals surface area contributed by atoms with Crippen LogP contribution in [0.1, 0.15) is 5.56 Å². The van der Waals surface area contributed by atoms with Gasteiger partial charge in [0.15, 0.2) is 0 Å². The molecule has 2 aromatic carbocycles. The van der Waals surface area contributed by atoms with Crippen LogP contribution in [-0.4, -0.2) is 71.4 Å². The molecular weight excluding hydrogens is 388 g/mol. The van der Waals surface area contributed by atoms with Crippen LogP contribution in [0.25, 0.3) is 11.1 Å². The molecule has 2 aromatic rings. The Morgan fingerprint density at radius 2 is 1.10 bits per heavy atom. The van der Waals surface area contributed by atoms with Gasteiger partial charge in [-0.05, 0) is 16.7 Å². The second-order valence-electron chi connectivity index (χ2n) is 7.38. The van der Waals surface area contributed by atoms with E-state index in [2.05, 4.69) is 50.8 Å². The number of carbonyl (C=O) groups excluding carboxylic acids is 1. The smallest absolute Gasteiger partial charge is 0.224 e. The summed E-state index contributed by atoms with van der Waals surface area (Å²) in [6.07, 6.45) is 0.408. The third-order valence-corrected chi connectivity index (χ3v) is 4.81. The van der Waals surface area contributed by atoms with E-state index < -0.39 is 0 Å². The van der Waals surface area contributed by atoms with E-state index in [4.69, 9.17) is 5.73 Å².